The van der Waals surface area contributed by atoms with Crippen LogP contribution in [-0.4, -0.2) is 29.7 Å². The van der Waals surface area contributed by atoms with E-state index in [1.807, 2.05) is 23.9 Å². The van der Waals surface area contributed by atoms with E-state index < -0.39 is 0 Å². The van der Waals surface area contributed by atoms with Crippen LogP contribution in [0.5, 0.6) is 0 Å². The van der Waals surface area contributed by atoms with Crippen molar-refractivity contribution in [3.8, 4) is 0 Å². The zero-order valence-corrected chi connectivity index (χ0v) is 12.3. The van der Waals surface area contributed by atoms with Crippen LogP contribution in [0, 0.1) is 0 Å². The lowest BCUT2D eigenvalue weighted by molar-refractivity contribution is 0.0555. The SMILES string of the molecule is Clc1ccc(CN=C2NC3(CCOCC3)CS2)s1. The molecule has 6 heteroatoms. The Kier molecular flexibility index (Phi) is 3.84. The van der Waals surface area contributed by atoms with Crippen molar-refractivity contribution >= 4 is 39.9 Å². The third kappa shape index (κ3) is 2.85. The normalized spacial score (nSPS) is 24.6. The lowest BCUT2D eigenvalue weighted by Crippen LogP contribution is -2.48. The summed E-state index contributed by atoms with van der Waals surface area (Å²) in [5.74, 6) is 1.11. The van der Waals surface area contributed by atoms with Gasteiger partial charge in [-0.1, -0.05) is 23.4 Å². The van der Waals surface area contributed by atoms with Gasteiger partial charge >= 0.3 is 0 Å². The van der Waals surface area contributed by atoms with Gasteiger partial charge in [-0.05, 0) is 25.0 Å². The van der Waals surface area contributed by atoms with Crippen LogP contribution in [0.2, 0.25) is 4.34 Å². The average Bonchev–Trinajstić information content (AvgIpc) is 2.96. The van der Waals surface area contributed by atoms with Gasteiger partial charge in [-0.2, -0.15) is 0 Å². The van der Waals surface area contributed by atoms with E-state index in [0.717, 1.165) is 47.9 Å². The van der Waals surface area contributed by atoms with Crippen LogP contribution in [0.15, 0.2) is 17.1 Å². The lowest BCUT2D eigenvalue weighted by atomic mass is 9.93. The van der Waals surface area contributed by atoms with Crippen molar-refractivity contribution in [2.75, 3.05) is 19.0 Å². The van der Waals surface area contributed by atoms with Gasteiger partial charge in [0.1, 0.15) is 0 Å². The molecule has 0 unspecified atom stereocenters. The third-order valence-corrected chi connectivity index (χ3v) is 5.73. The van der Waals surface area contributed by atoms with Crippen molar-refractivity contribution in [2.24, 2.45) is 4.99 Å². The second-order valence-corrected chi connectivity index (χ2v) is 7.40. The number of thioether (sulfide) groups is 1. The second kappa shape index (κ2) is 5.41. The van der Waals surface area contributed by atoms with Gasteiger partial charge in [-0.3, -0.25) is 4.99 Å². The van der Waals surface area contributed by atoms with Gasteiger partial charge in [0.05, 0.1) is 16.4 Å². The van der Waals surface area contributed by atoms with Crippen LogP contribution in [0.4, 0.5) is 0 Å². The van der Waals surface area contributed by atoms with Crippen LogP contribution in [0.1, 0.15) is 17.7 Å². The summed E-state index contributed by atoms with van der Waals surface area (Å²) >= 11 is 9.34. The number of hydrogen-bond donors (Lipinski definition) is 1. The van der Waals surface area contributed by atoms with E-state index in [4.69, 9.17) is 16.3 Å². The van der Waals surface area contributed by atoms with Crippen molar-refractivity contribution < 1.29 is 4.74 Å². The van der Waals surface area contributed by atoms with E-state index in [-0.39, 0.29) is 5.54 Å². The maximum atomic E-state index is 5.91. The van der Waals surface area contributed by atoms with Crippen molar-refractivity contribution in [2.45, 2.75) is 24.9 Å². The molecule has 0 saturated carbocycles. The van der Waals surface area contributed by atoms with E-state index in [0.29, 0.717) is 0 Å². The molecule has 2 aliphatic rings. The fraction of sp³-hybridized carbons (Fsp3) is 0.583. The summed E-state index contributed by atoms with van der Waals surface area (Å²) in [6.45, 7) is 2.45. The van der Waals surface area contributed by atoms with Gasteiger partial charge in [0.25, 0.3) is 0 Å². The highest BCUT2D eigenvalue weighted by Crippen LogP contribution is 2.32. The Morgan fingerprint density at radius 1 is 1.39 bits per heavy atom. The number of aliphatic imine (C=N–C) groups is 1. The molecule has 0 atom stereocenters. The van der Waals surface area contributed by atoms with Gasteiger partial charge in [-0.15, -0.1) is 11.3 Å². The Labute approximate surface area is 120 Å². The Balaban J connectivity index is 1.61. The first-order valence-corrected chi connectivity index (χ1v) is 8.21. The minimum Gasteiger partial charge on any atom is -0.381 e. The molecule has 1 spiro atoms. The predicted molar refractivity (Wildman–Crippen MR) is 78.8 cm³/mol. The Morgan fingerprint density at radius 3 is 2.94 bits per heavy atom. The van der Waals surface area contributed by atoms with E-state index in [9.17, 15) is 0 Å². The van der Waals surface area contributed by atoms with Crippen LogP contribution >= 0.6 is 34.7 Å². The van der Waals surface area contributed by atoms with Gasteiger partial charge in [0, 0.05) is 23.8 Å². The van der Waals surface area contributed by atoms with Gasteiger partial charge in [0.15, 0.2) is 5.17 Å². The number of halogens is 1. The Morgan fingerprint density at radius 2 is 2.22 bits per heavy atom. The highest BCUT2D eigenvalue weighted by molar-refractivity contribution is 8.14. The van der Waals surface area contributed by atoms with Crippen LogP contribution in [-0.2, 0) is 11.3 Å². The van der Waals surface area contributed by atoms with Crippen molar-refractivity contribution in [1.29, 1.82) is 0 Å². The number of rotatable bonds is 2. The smallest absolute Gasteiger partial charge is 0.157 e. The average molecular weight is 303 g/mol. The molecule has 1 aromatic heterocycles. The molecule has 3 heterocycles. The molecule has 1 N–H and O–H groups in total. The number of thiophene rings is 1. The number of nitrogens with zero attached hydrogens (tertiary/aromatic N) is 1. The fourth-order valence-corrected chi connectivity index (χ4v) is 4.44. The molecule has 0 bridgehead atoms. The molecule has 0 radical (unpaired) electrons. The summed E-state index contributed by atoms with van der Waals surface area (Å²) in [5.41, 5.74) is 0.231. The third-order valence-electron chi connectivity index (χ3n) is 3.31. The molecule has 2 fully saturated rings. The van der Waals surface area contributed by atoms with E-state index in [1.165, 1.54) is 4.88 Å². The molecule has 2 aliphatic heterocycles. The number of amidine groups is 1. The first kappa shape index (κ1) is 12.8. The maximum Gasteiger partial charge on any atom is 0.157 e. The summed E-state index contributed by atoms with van der Waals surface area (Å²) in [7, 11) is 0. The fourth-order valence-electron chi connectivity index (χ4n) is 2.21. The second-order valence-electron chi connectivity index (χ2n) is 4.63. The topological polar surface area (TPSA) is 33.6 Å². The highest BCUT2D eigenvalue weighted by atomic mass is 35.5. The summed E-state index contributed by atoms with van der Waals surface area (Å²) in [4.78, 5) is 5.85. The molecule has 0 amide bonds. The van der Waals surface area contributed by atoms with Crippen molar-refractivity contribution in [1.82, 2.24) is 5.32 Å². The monoisotopic (exact) mass is 302 g/mol. The minimum atomic E-state index is 0.231. The predicted octanol–water partition coefficient (Wildman–Crippen LogP) is 3.14. The van der Waals surface area contributed by atoms with Crippen molar-refractivity contribution in [3.63, 3.8) is 0 Å². The molecule has 98 valence electrons. The first-order chi connectivity index (χ1) is 8.76. The Hall–Kier alpha value is -0.230. The summed E-state index contributed by atoms with van der Waals surface area (Å²) in [5, 5.41) is 4.66. The van der Waals surface area contributed by atoms with Crippen LogP contribution in [0.3, 0.4) is 0 Å². The molecule has 2 saturated heterocycles. The molecular weight excluding hydrogens is 288 g/mol. The molecule has 3 nitrogen and oxygen atoms in total. The van der Waals surface area contributed by atoms with E-state index in [2.05, 4.69) is 10.3 Å². The zero-order valence-electron chi connectivity index (χ0n) is 9.95. The minimum absolute atomic E-state index is 0.231. The molecule has 0 aromatic carbocycles. The van der Waals surface area contributed by atoms with Crippen molar-refractivity contribution in [3.05, 3.63) is 21.3 Å². The first-order valence-electron chi connectivity index (χ1n) is 6.03. The molecule has 18 heavy (non-hydrogen) atoms. The quantitative estimate of drug-likeness (QED) is 0.911. The number of ether oxygens (including phenoxy) is 1. The van der Waals surface area contributed by atoms with E-state index in [1.54, 1.807) is 11.3 Å². The summed E-state index contributed by atoms with van der Waals surface area (Å²) < 4.78 is 6.25. The number of nitrogens with one attached hydrogen (secondary N) is 1. The van der Waals surface area contributed by atoms with Gasteiger partial charge in [0.2, 0.25) is 0 Å². The molecule has 0 aliphatic carbocycles. The molecular formula is C12H15ClN2OS2. The van der Waals surface area contributed by atoms with Gasteiger partial charge in [-0.25, -0.2) is 0 Å². The van der Waals surface area contributed by atoms with Crippen LogP contribution < -0.4 is 5.32 Å². The highest BCUT2D eigenvalue weighted by Gasteiger charge is 2.38. The molecule has 3 rings (SSSR count). The zero-order chi connectivity index (χ0) is 12.4. The standard InChI is InChI=1S/C12H15ClN2OS2/c13-10-2-1-9(18-10)7-14-11-15-12(8-17-11)3-5-16-6-4-12/h1-2H,3-8H2,(H,14,15). The summed E-state index contributed by atoms with van der Waals surface area (Å²) in [6, 6.07) is 3.97. The summed E-state index contributed by atoms with van der Waals surface area (Å²) in [6.07, 6.45) is 2.17. The van der Waals surface area contributed by atoms with E-state index >= 15 is 0 Å². The largest absolute Gasteiger partial charge is 0.381 e. The lowest BCUT2D eigenvalue weighted by Gasteiger charge is -2.32. The number of hydrogen-bond acceptors (Lipinski definition) is 4. The van der Waals surface area contributed by atoms with Crippen LogP contribution in [0.25, 0.3) is 0 Å². The van der Waals surface area contributed by atoms with Gasteiger partial charge < -0.3 is 10.1 Å². The Bertz CT molecular complexity index is 455. The molecule has 1 aromatic rings. The maximum absolute atomic E-state index is 5.91.